The molecule has 104 heavy (non-hydrogen) atoms. The van der Waals surface area contributed by atoms with Crippen LogP contribution >= 0.6 is 15.6 Å². The maximum Gasteiger partial charge on any atom is 0.472 e. The lowest BCUT2D eigenvalue weighted by atomic mass is 10.1. The molecule has 0 amide bonds. The Balaban J connectivity index is 5.37. The van der Waals surface area contributed by atoms with Gasteiger partial charge in [-0.15, -0.1) is 0 Å². The molecule has 596 valence electrons. The molecule has 0 radical (unpaired) electrons. The number of unbranched alkanes of at least 4 members (excludes halogenated alkanes) is 27. The van der Waals surface area contributed by atoms with Crippen molar-refractivity contribution < 1.29 is 80.2 Å². The molecule has 17 nitrogen and oxygen atoms in total. The van der Waals surface area contributed by atoms with Crippen LogP contribution in [0.1, 0.15) is 323 Å². The predicted octanol–water partition coefficient (Wildman–Crippen LogP) is 23.7. The van der Waals surface area contributed by atoms with E-state index in [9.17, 15) is 43.2 Å². The molecule has 0 saturated heterocycles. The number of rotatable bonds is 75. The maximum absolute atomic E-state index is 13.1. The van der Waals surface area contributed by atoms with E-state index in [0.717, 1.165) is 193 Å². The fourth-order valence-electron chi connectivity index (χ4n) is 10.4. The highest BCUT2D eigenvalue weighted by Gasteiger charge is 2.30. The monoisotopic (exact) mass is 1500 g/mol. The molecule has 0 aromatic carbocycles. The van der Waals surface area contributed by atoms with E-state index in [-0.39, 0.29) is 25.7 Å². The third kappa shape index (κ3) is 75.4. The minimum Gasteiger partial charge on any atom is -0.462 e. The molecular weight excluding hydrogens is 1350 g/mol. The van der Waals surface area contributed by atoms with Gasteiger partial charge in [-0.05, 0) is 161 Å². The fourth-order valence-corrected chi connectivity index (χ4v) is 12.0. The number of hydrogen-bond acceptors (Lipinski definition) is 15. The highest BCUT2D eigenvalue weighted by Crippen LogP contribution is 2.45. The van der Waals surface area contributed by atoms with Gasteiger partial charge in [-0.1, -0.05) is 271 Å². The number of carbonyl (C=O) groups excluding carboxylic acids is 4. The first-order valence-corrected chi connectivity index (χ1v) is 43.4. The lowest BCUT2D eigenvalue weighted by Crippen LogP contribution is -2.30. The van der Waals surface area contributed by atoms with Gasteiger partial charge in [0.15, 0.2) is 12.2 Å². The summed E-state index contributed by atoms with van der Waals surface area (Å²) in [5, 5.41) is 10.6. The molecule has 0 saturated carbocycles. The third-order valence-corrected chi connectivity index (χ3v) is 18.5. The van der Waals surface area contributed by atoms with E-state index >= 15 is 0 Å². The first kappa shape index (κ1) is 99.2. The Kier molecular flexibility index (Phi) is 72.9. The van der Waals surface area contributed by atoms with Gasteiger partial charge < -0.3 is 33.8 Å². The van der Waals surface area contributed by atoms with Crippen LogP contribution in [0.5, 0.6) is 0 Å². The quantitative estimate of drug-likeness (QED) is 0.0169. The topological polar surface area (TPSA) is 237 Å². The lowest BCUT2D eigenvalue weighted by Gasteiger charge is -2.21. The number of esters is 4. The van der Waals surface area contributed by atoms with Gasteiger partial charge in [0, 0.05) is 25.7 Å². The van der Waals surface area contributed by atoms with Crippen LogP contribution in [-0.4, -0.2) is 96.7 Å². The fraction of sp³-hybridized carbons (Fsp3) is 0.694. The number of allylic oxidation sites excluding steroid dienone is 22. The average molecular weight is 1500 g/mol. The van der Waals surface area contributed by atoms with Crippen molar-refractivity contribution in [2.75, 3.05) is 39.6 Å². The maximum atomic E-state index is 13.1. The molecule has 0 aliphatic carbocycles. The summed E-state index contributed by atoms with van der Waals surface area (Å²) in [6.07, 6.45) is 85.7. The SMILES string of the molecule is CC/C=C\C/C=C\C/C=C\C/C=C\C/C=C\CCCCCC(=O)OCC(COP(=O)(O)OCC(O)COP(=O)(O)OCC(COC(=O)CCCCCCCC/C=C\C/C=C\C/C=C\CCCCC)OC(=O)CCCCCCC/C=C\CCCC)OC(=O)CCCCCCC/C=C\C/C=C\CCCCC. The lowest BCUT2D eigenvalue weighted by molar-refractivity contribution is -0.161. The zero-order valence-electron chi connectivity index (χ0n) is 65.2. The molecule has 0 heterocycles. The minimum atomic E-state index is -4.99. The Hall–Kier alpha value is -4.80. The van der Waals surface area contributed by atoms with Crippen LogP contribution in [0.4, 0.5) is 0 Å². The summed E-state index contributed by atoms with van der Waals surface area (Å²) in [7, 11) is -9.98. The van der Waals surface area contributed by atoms with Crippen molar-refractivity contribution in [3.8, 4) is 0 Å². The Morgan fingerprint density at radius 3 is 0.817 bits per heavy atom. The van der Waals surface area contributed by atoms with Gasteiger partial charge in [0.25, 0.3) is 0 Å². The van der Waals surface area contributed by atoms with Gasteiger partial charge in [0.1, 0.15) is 19.3 Å². The molecule has 0 aliphatic rings. The van der Waals surface area contributed by atoms with E-state index in [1.165, 1.54) is 51.4 Å². The van der Waals surface area contributed by atoms with Crippen LogP contribution in [0, 0.1) is 0 Å². The normalized spacial score (nSPS) is 14.6. The summed E-state index contributed by atoms with van der Waals surface area (Å²) < 4.78 is 68.6. The summed E-state index contributed by atoms with van der Waals surface area (Å²) in [6.45, 7) is 4.60. The van der Waals surface area contributed by atoms with Gasteiger partial charge >= 0.3 is 39.5 Å². The average Bonchev–Trinajstić information content (AvgIpc) is 0.929. The van der Waals surface area contributed by atoms with Gasteiger partial charge in [0.05, 0.1) is 26.4 Å². The van der Waals surface area contributed by atoms with Crippen LogP contribution in [-0.2, 0) is 65.4 Å². The van der Waals surface area contributed by atoms with Crippen LogP contribution in [0.2, 0.25) is 0 Å². The molecule has 0 aromatic rings. The van der Waals surface area contributed by atoms with Crippen molar-refractivity contribution >= 4 is 39.5 Å². The molecule has 0 rings (SSSR count). The zero-order chi connectivity index (χ0) is 76.0. The number of aliphatic hydroxyl groups is 1. The highest BCUT2D eigenvalue weighted by atomic mass is 31.2. The molecule has 0 aliphatic heterocycles. The number of carbonyl (C=O) groups is 4. The van der Waals surface area contributed by atoms with Crippen molar-refractivity contribution in [3.63, 3.8) is 0 Å². The molecule has 5 unspecified atom stereocenters. The summed E-state index contributed by atoms with van der Waals surface area (Å²) >= 11 is 0. The van der Waals surface area contributed by atoms with Gasteiger partial charge in [0.2, 0.25) is 0 Å². The highest BCUT2D eigenvalue weighted by molar-refractivity contribution is 7.47. The molecule has 0 fully saturated rings. The van der Waals surface area contributed by atoms with Gasteiger partial charge in [-0.25, -0.2) is 9.13 Å². The zero-order valence-corrected chi connectivity index (χ0v) is 66.9. The van der Waals surface area contributed by atoms with E-state index in [0.29, 0.717) is 25.7 Å². The molecule has 0 spiro atoms. The number of phosphoric ester groups is 2. The number of phosphoric acid groups is 2. The Morgan fingerprint density at radius 2 is 0.510 bits per heavy atom. The molecule has 3 N–H and O–H groups in total. The van der Waals surface area contributed by atoms with Crippen LogP contribution < -0.4 is 0 Å². The van der Waals surface area contributed by atoms with Crippen LogP contribution in [0.15, 0.2) is 134 Å². The second kappa shape index (κ2) is 76.4. The standard InChI is InChI=1S/C85H144O17P2/c1-5-9-13-17-21-25-29-32-35-37-39-41-44-46-50-53-57-61-65-69-82(87)95-75-80(101-84(89)71-67-63-59-55-49-28-24-20-16-12-8-4)77-99-103(91,92)97-73-79(86)74-98-104(93,94)100-78-81(102-85(90)72-68-64-60-56-52-48-43-34-31-27-23-19-15-11-7-3)76-96-83(88)70-66-62-58-54-51-47-45-42-40-38-36-33-30-26-22-18-14-10-6-2/h10,14,20-27,32-36,39-43,47,51,79-81,86H,5-9,11-13,15-19,28-31,37-38,44-46,48-50,52-78H2,1-4H3,(H,91,92)(H,93,94)/b14-10-,24-20-,25-21-,26-22-,27-23-,35-32-,36-33-,41-39-,42-40-,43-34-,51-47-. The van der Waals surface area contributed by atoms with E-state index < -0.39 is 97.5 Å². The predicted molar refractivity (Wildman–Crippen MR) is 427 cm³/mol. The molecule has 0 aromatic heterocycles. The van der Waals surface area contributed by atoms with Crippen LogP contribution in [0.3, 0.4) is 0 Å². The molecular formula is C85H144O17P2. The Labute approximate surface area is 631 Å². The summed E-state index contributed by atoms with van der Waals surface area (Å²) in [5.74, 6) is -2.25. The number of aliphatic hydroxyl groups excluding tert-OH is 1. The van der Waals surface area contributed by atoms with Crippen molar-refractivity contribution in [1.29, 1.82) is 0 Å². The van der Waals surface area contributed by atoms with E-state index in [4.69, 9.17) is 37.0 Å². The van der Waals surface area contributed by atoms with Crippen LogP contribution in [0.25, 0.3) is 0 Å². The minimum absolute atomic E-state index is 0.0681. The van der Waals surface area contributed by atoms with E-state index in [2.05, 4.69) is 161 Å². The van der Waals surface area contributed by atoms with E-state index in [1.54, 1.807) is 0 Å². The van der Waals surface area contributed by atoms with Crippen molar-refractivity contribution in [2.45, 2.75) is 341 Å². The summed E-state index contributed by atoms with van der Waals surface area (Å²) in [6, 6.07) is 0. The van der Waals surface area contributed by atoms with Crippen molar-refractivity contribution in [1.82, 2.24) is 0 Å². The van der Waals surface area contributed by atoms with Gasteiger partial charge in [-0.2, -0.15) is 0 Å². The first-order chi connectivity index (χ1) is 50.7. The molecule has 5 atom stereocenters. The number of ether oxygens (including phenoxy) is 4. The first-order valence-electron chi connectivity index (χ1n) is 40.4. The van der Waals surface area contributed by atoms with Gasteiger partial charge in [-0.3, -0.25) is 37.3 Å². The largest absolute Gasteiger partial charge is 0.472 e. The smallest absolute Gasteiger partial charge is 0.462 e. The van der Waals surface area contributed by atoms with Crippen molar-refractivity contribution in [3.05, 3.63) is 134 Å². The Morgan fingerprint density at radius 1 is 0.279 bits per heavy atom. The molecule has 0 bridgehead atoms. The van der Waals surface area contributed by atoms with E-state index in [1.807, 2.05) is 0 Å². The number of hydrogen-bond donors (Lipinski definition) is 3. The second-order valence-corrected chi connectivity index (χ2v) is 29.5. The molecule has 19 heteroatoms. The Bertz CT molecular complexity index is 2490. The summed E-state index contributed by atoms with van der Waals surface area (Å²) in [4.78, 5) is 73.0. The van der Waals surface area contributed by atoms with Crippen molar-refractivity contribution in [2.24, 2.45) is 0 Å². The summed E-state index contributed by atoms with van der Waals surface area (Å²) in [5.41, 5.74) is 0. The second-order valence-electron chi connectivity index (χ2n) is 26.6. The third-order valence-electron chi connectivity index (χ3n) is 16.6.